The molecule has 4 rings (SSSR count). The van der Waals surface area contributed by atoms with E-state index in [9.17, 15) is 14.7 Å². The SMILES string of the molecule is CC(=O)C1=C(O)c2ccc(-c3ccccc3)n2C2(CCCCC2)C1=O. The first kappa shape index (κ1) is 15.9. The lowest BCUT2D eigenvalue weighted by Gasteiger charge is -2.42. The van der Waals surface area contributed by atoms with Gasteiger partial charge in [0.1, 0.15) is 11.1 Å². The Bertz CT molecular complexity index is 883. The van der Waals surface area contributed by atoms with E-state index in [0.717, 1.165) is 30.5 Å². The van der Waals surface area contributed by atoms with Gasteiger partial charge < -0.3 is 9.67 Å². The van der Waals surface area contributed by atoms with Crippen LogP contribution in [0.1, 0.15) is 44.7 Å². The Balaban J connectivity index is 2.02. The van der Waals surface area contributed by atoms with Crippen molar-refractivity contribution in [2.75, 3.05) is 0 Å². The average molecular weight is 335 g/mol. The highest BCUT2D eigenvalue weighted by Crippen LogP contribution is 2.46. The van der Waals surface area contributed by atoms with Gasteiger partial charge in [-0.25, -0.2) is 0 Å². The summed E-state index contributed by atoms with van der Waals surface area (Å²) in [7, 11) is 0. The molecule has 1 spiro atoms. The van der Waals surface area contributed by atoms with Crippen molar-refractivity contribution in [1.82, 2.24) is 4.57 Å². The molecule has 128 valence electrons. The first-order valence-electron chi connectivity index (χ1n) is 8.83. The van der Waals surface area contributed by atoms with Crippen molar-refractivity contribution in [2.24, 2.45) is 0 Å². The van der Waals surface area contributed by atoms with E-state index in [1.807, 2.05) is 47.0 Å². The molecule has 1 aliphatic heterocycles. The second-order valence-electron chi connectivity index (χ2n) is 7.01. The van der Waals surface area contributed by atoms with Crippen molar-refractivity contribution >= 4 is 17.3 Å². The van der Waals surface area contributed by atoms with Crippen molar-refractivity contribution < 1.29 is 14.7 Å². The molecule has 0 amide bonds. The smallest absolute Gasteiger partial charge is 0.196 e. The summed E-state index contributed by atoms with van der Waals surface area (Å²) in [6.07, 6.45) is 4.40. The molecule has 2 heterocycles. The highest BCUT2D eigenvalue weighted by atomic mass is 16.3. The lowest BCUT2D eigenvalue weighted by Crippen LogP contribution is -2.49. The number of aliphatic hydroxyl groups is 1. The minimum atomic E-state index is -0.754. The number of ketones is 2. The number of carbonyl (C=O) groups is 2. The second-order valence-corrected chi connectivity index (χ2v) is 7.01. The maximum absolute atomic E-state index is 13.3. The molecular weight excluding hydrogens is 314 g/mol. The van der Waals surface area contributed by atoms with E-state index in [2.05, 4.69) is 0 Å². The van der Waals surface area contributed by atoms with E-state index in [1.54, 1.807) is 0 Å². The zero-order valence-corrected chi connectivity index (χ0v) is 14.3. The van der Waals surface area contributed by atoms with E-state index in [1.165, 1.54) is 6.92 Å². The fourth-order valence-corrected chi connectivity index (χ4v) is 4.40. The van der Waals surface area contributed by atoms with E-state index < -0.39 is 5.54 Å². The van der Waals surface area contributed by atoms with E-state index >= 15 is 0 Å². The van der Waals surface area contributed by atoms with Crippen LogP contribution >= 0.6 is 0 Å². The predicted molar refractivity (Wildman–Crippen MR) is 96.2 cm³/mol. The molecule has 25 heavy (non-hydrogen) atoms. The number of carbonyl (C=O) groups excluding carboxylic acids is 2. The monoisotopic (exact) mass is 335 g/mol. The standard InChI is InChI=1S/C21H21NO3/c1-14(23)18-19(24)17-11-10-16(15-8-4-2-5-9-15)22(17)21(20(18)25)12-6-3-7-13-21/h2,4-5,8-11,24H,3,6-7,12-13H2,1H3. The predicted octanol–water partition coefficient (Wildman–Crippen LogP) is 4.26. The summed E-state index contributed by atoms with van der Waals surface area (Å²) in [4.78, 5) is 25.4. The first-order valence-corrected chi connectivity index (χ1v) is 8.83. The fourth-order valence-electron chi connectivity index (χ4n) is 4.40. The molecule has 1 aromatic carbocycles. The molecule has 4 nitrogen and oxygen atoms in total. The summed E-state index contributed by atoms with van der Waals surface area (Å²) >= 11 is 0. The van der Waals surface area contributed by atoms with Gasteiger partial charge in [-0.2, -0.15) is 0 Å². The molecule has 1 aromatic heterocycles. The molecule has 0 saturated heterocycles. The fraction of sp³-hybridized carbons (Fsp3) is 0.333. The van der Waals surface area contributed by atoms with Crippen LogP contribution < -0.4 is 0 Å². The van der Waals surface area contributed by atoms with Gasteiger partial charge in [0, 0.05) is 5.69 Å². The van der Waals surface area contributed by atoms with Crippen molar-refractivity contribution in [2.45, 2.75) is 44.6 Å². The number of allylic oxidation sites excluding steroid dienone is 1. The van der Waals surface area contributed by atoms with Gasteiger partial charge >= 0.3 is 0 Å². The molecule has 1 saturated carbocycles. The number of hydrogen-bond donors (Lipinski definition) is 1. The van der Waals surface area contributed by atoms with Gasteiger partial charge in [-0.1, -0.05) is 49.6 Å². The average Bonchev–Trinajstić information content (AvgIpc) is 3.08. The lowest BCUT2D eigenvalue weighted by atomic mass is 9.73. The summed E-state index contributed by atoms with van der Waals surface area (Å²) in [6.45, 7) is 1.36. The van der Waals surface area contributed by atoms with E-state index in [0.29, 0.717) is 18.5 Å². The van der Waals surface area contributed by atoms with Crippen LogP contribution in [0.15, 0.2) is 48.0 Å². The molecular formula is C21H21NO3. The number of hydrogen-bond acceptors (Lipinski definition) is 3. The van der Waals surface area contributed by atoms with Crippen LogP contribution in [0.3, 0.4) is 0 Å². The molecule has 0 radical (unpaired) electrons. The molecule has 2 aliphatic rings. The van der Waals surface area contributed by atoms with E-state index in [-0.39, 0.29) is 22.9 Å². The highest BCUT2D eigenvalue weighted by Gasteiger charge is 2.49. The van der Waals surface area contributed by atoms with Crippen LogP contribution in [0.25, 0.3) is 17.0 Å². The van der Waals surface area contributed by atoms with Crippen LogP contribution in [0.2, 0.25) is 0 Å². The minimum Gasteiger partial charge on any atom is -0.505 e. The van der Waals surface area contributed by atoms with Crippen molar-refractivity contribution in [3.05, 3.63) is 53.7 Å². The first-order chi connectivity index (χ1) is 12.1. The van der Waals surface area contributed by atoms with E-state index in [4.69, 9.17) is 0 Å². The summed E-state index contributed by atoms with van der Waals surface area (Å²) in [5.74, 6) is -0.768. The van der Waals surface area contributed by atoms with Gasteiger partial charge in [0.2, 0.25) is 0 Å². The Hall–Kier alpha value is -2.62. The highest BCUT2D eigenvalue weighted by molar-refractivity contribution is 6.27. The number of nitrogens with zero attached hydrogens (tertiary/aromatic N) is 1. The van der Waals surface area contributed by atoms with Crippen molar-refractivity contribution in [3.63, 3.8) is 0 Å². The Morgan fingerprint density at radius 2 is 1.64 bits per heavy atom. The molecule has 2 aromatic rings. The zero-order valence-electron chi connectivity index (χ0n) is 14.3. The third-order valence-electron chi connectivity index (χ3n) is 5.54. The normalized spacial score (nSPS) is 19.2. The molecule has 1 fully saturated rings. The number of fused-ring (bicyclic) bond motifs is 2. The maximum Gasteiger partial charge on any atom is 0.196 e. The molecule has 0 unspecified atom stereocenters. The summed E-state index contributed by atoms with van der Waals surface area (Å²) < 4.78 is 1.99. The Morgan fingerprint density at radius 3 is 2.28 bits per heavy atom. The number of rotatable bonds is 2. The maximum atomic E-state index is 13.3. The largest absolute Gasteiger partial charge is 0.505 e. The second kappa shape index (κ2) is 5.73. The Labute approximate surface area is 146 Å². The minimum absolute atomic E-state index is 0.0351. The third kappa shape index (κ3) is 2.20. The summed E-state index contributed by atoms with van der Waals surface area (Å²) in [5, 5.41) is 10.7. The van der Waals surface area contributed by atoms with Crippen LogP contribution in [-0.2, 0) is 15.1 Å². The number of aliphatic hydroxyl groups excluding tert-OH is 1. The van der Waals surface area contributed by atoms with Gasteiger partial charge in [0.05, 0.1) is 5.69 Å². The molecule has 0 bridgehead atoms. The third-order valence-corrected chi connectivity index (χ3v) is 5.54. The molecule has 1 aliphatic carbocycles. The van der Waals surface area contributed by atoms with Gasteiger partial charge in [0.25, 0.3) is 0 Å². The zero-order chi connectivity index (χ0) is 17.6. The quantitative estimate of drug-likeness (QED) is 0.835. The number of benzene rings is 1. The van der Waals surface area contributed by atoms with Crippen LogP contribution in [0, 0.1) is 0 Å². The molecule has 1 N–H and O–H groups in total. The van der Waals surface area contributed by atoms with Crippen LogP contribution in [0.4, 0.5) is 0 Å². The topological polar surface area (TPSA) is 59.3 Å². The van der Waals surface area contributed by atoms with Gasteiger partial charge in [-0.3, -0.25) is 9.59 Å². The number of aromatic nitrogens is 1. The van der Waals surface area contributed by atoms with Crippen LogP contribution in [0.5, 0.6) is 0 Å². The molecule has 0 atom stereocenters. The molecule has 4 heteroatoms. The summed E-state index contributed by atoms with van der Waals surface area (Å²) in [5.41, 5.74) is 1.71. The van der Waals surface area contributed by atoms with Crippen LogP contribution in [-0.4, -0.2) is 21.2 Å². The van der Waals surface area contributed by atoms with Gasteiger partial charge in [-0.05, 0) is 37.5 Å². The lowest BCUT2D eigenvalue weighted by molar-refractivity contribution is -0.128. The van der Waals surface area contributed by atoms with Gasteiger partial charge in [0.15, 0.2) is 17.3 Å². The summed E-state index contributed by atoms with van der Waals surface area (Å²) in [6, 6.07) is 13.7. The Kier molecular flexibility index (Phi) is 3.64. The number of Topliss-reactive ketones (excluding diaryl/α,β-unsaturated/α-hetero) is 2. The Morgan fingerprint density at radius 1 is 1.00 bits per heavy atom. The van der Waals surface area contributed by atoms with Crippen molar-refractivity contribution in [1.29, 1.82) is 0 Å². The van der Waals surface area contributed by atoms with Crippen molar-refractivity contribution in [3.8, 4) is 11.3 Å². The van der Waals surface area contributed by atoms with Gasteiger partial charge in [-0.15, -0.1) is 0 Å².